The minimum absolute atomic E-state index is 0.0165. The zero-order chi connectivity index (χ0) is 19.3. The Morgan fingerprint density at radius 2 is 2.04 bits per heavy atom. The predicted molar refractivity (Wildman–Crippen MR) is 114 cm³/mol. The van der Waals surface area contributed by atoms with E-state index >= 15 is 0 Å². The van der Waals surface area contributed by atoms with Crippen molar-refractivity contribution in [3.05, 3.63) is 66.0 Å². The second kappa shape index (κ2) is 8.90. The summed E-state index contributed by atoms with van der Waals surface area (Å²) in [6.07, 6.45) is 9.57. The fraction of sp³-hybridized carbons (Fsp3) is 0.364. The summed E-state index contributed by atoms with van der Waals surface area (Å²) in [6.45, 7) is 0. The first-order valence-corrected chi connectivity index (χ1v) is 10.7. The Morgan fingerprint density at radius 3 is 2.86 bits per heavy atom. The van der Waals surface area contributed by atoms with E-state index < -0.39 is 0 Å². The van der Waals surface area contributed by atoms with Crippen LogP contribution in [0.15, 0.2) is 59.6 Å². The molecule has 0 bridgehead atoms. The lowest BCUT2D eigenvalue weighted by atomic mass is 9.81. The highest BCUT2D eigenvalue weighted by atomic mass is 32.2. The standard InChI is InChI=1S/C22H26N4OS/c1-23-22(27)18-7-2-3-8-21(18)28-16-10-11-17-19(25-26-20(17)14-16)12-9-15-6-4-5-13-24-15/h2-9,12-13,16-17,19-20,25-26H,10-11,14H2,1H3,(H,23,27). The smallest absolute Gasteiger partial charge is 0.252 e. The fourth-order valence-corrected chi connectivity index (χ4v) is 5.47. The molecule has 4 rings (SSSR count). The molecule has 1 saturated heterocycles. The molecule has 2 aromatic rings. The number of thioether (sulfide) groups is 1. The highest BCUT2D eigenvalue weighted by molar-refractivity contribution is 8.00. The van der Waals surface area contributed by atoms with Gasteiger partial charge in [-0.15, -0.1) is 11.8 Å². The van der Waals surface area contributed by atoms with E-state index in [1.165, 1.54) is 6.42 Å². The number of benzene rings is 1. The van der Waals surface area contributed by atoms with Gasteiger partial charge in [-0.3, -0.25) is 20.6 Å². The second-order valence-electron chi connectivity index (χ2n) is 7.33. The van der Waals surface area contributed by atoms with Crippen molar-refractivity contribution in [2.75, 3.05) is 7.05 Å². The average Bonchev–Trinajstić information content (AvgIpc) is 3.15. The molecule has 1 saturated carbocycles. The van der Waals surface area contributed by atoms with E-state index in [1.54, 1.807) is 7.05 Å². The Bertz CT molecular complexity index is 841. The summed E-state index contributed by atoms with van der Waals surface area (Å²) in [5.74, 6) is 0.572. The topological polar surface area (TPSA) is 66.0 Å². The molecule has 0 radical (unpaired) electrons. The van der Waals surface area contributed by atoms with Crippen molar-refractivity contribution < 1.29 is 4.79 Å². The van der Waals surface area contributed by atoms with Crippen LogP contribution in [0.3, 0.4) is 0 Å². The molecule has 4 atom stereocenters. The summed E-state index contributed by atoms with van der Waals surface area (Å²) in [5, 5.41) is 3.26. The van der Waals surface area contributed by atoms with Crippen LogP contribution < -0.4 is 16.2 Å². The lowest BCUT2D eigenvalue weighted by Gasteiger charge is -2.32. The zero-order valence-corrected chi connectivity index (χ0v) is 16.8. The Hall–Kier alpha value is -2.15. The molecule has 1 aliphatic heterocycles. The molecule has 1 aliphatic carbocycles. The highest BCUT2D eigenvalue weighted by Gasteiger charge is 2.39. The number of amides is 1. The number of pyridine rings is 1. The normalized spacial score (nSPS) is 26.9. The van der Waals surface area contributed by atoms with E-state index in [4.69, 9.17) is 0 Å². The highest BCUT2D eigenvalue weighted by Crippen LogP contribution is 2.40. The van der Waals surface area contributed by atoms with Crippen molar-refractivity contribution in [3.8, 4) is 0 Å². The molecule has 1 amide bonds. The molecular formula is C22H26N4OS. The summed E-state index contributed by atoms with van der Waals surface area (Å²) in [4.78, 5) is 17.6. The van der Waals surface area contributed by atoms with Gasteiger partial charge in [-0.1, -0.05) is 24.3 Å². The SMILES string of the molecule is CNC(=O)c1ccccc1SC1CCC2C(C=Cc3ccccn3)NNC2C1. The quantitative estimate of drug-likeness (QED) is 0.726. The number of hydrazine groups is 1. The zero-order valence-electron chi connectivity index (χ0n) is 16.0. The molecule has 3 N–H and O–H groups in total. The molecule has 2 aliphatic rings. The molecule has 146 valence electrons. The van der Waals surface area contributed by atoms with Crippen LogP contribution in [-0.2, 0) is 0 Å². The summed E-state index contributed by atoms with van der Waals surface area (Å²) in [5.41, 5.74) is 8.71. The van der Waals surface area contributed by atoms with E-state index in [2.05, 4.69) is 39.4 Å². The average molecular weight is 395 g/mol. The monoisotopic (exact) mass is 394 g/mol. The molecule has 2 heterocycles. The number of rotatable bonds is 5. The van der Waals surface area contributed by atoms with Gasteiger partial charge < -0.3 is 5.32 Å². The maximum atomic E-state index is 12.1. The summed E-state index contributed by atoms with van der Waals surface area (Å²) in [6, 6.07) is 14.6. The van der Waals surface area contributed by atoms with Gasteiger partial charge in [0, 0.05) is 35.5 Å². The van der Waals surface area contributed by atoms with Crippen LogP contribution in [0.5, 0.6) is 0 Å². The van der Waals surface area contributed by atoms with Gasteiger partial charge in [0.25, 0.3) is 5.91 Å². The first kappa shape index (κ1) is 19.2. The van der Waals surface area contributed by atoms with Gasteiger partial charge in [0.1, 0.15) is 0 Å². The maximum Gasteiger partial charge on any atom is 0.252 e. The van der Waals surface area contributed by atoms with Crippen LogP contribution in [0.25, 0.3) is 6.08 Å². The first-order chi connectivity index (χ1) is 13.7. The Balaban J connectivity index is 1.38. The maximum absolute atomic E-state index is 12.1. The number of nitrogens with zero attached hydrogens (tertiary/aromatic N) is 1. The van der Waals surface area contributed by atoms with E-state index in [-0.39, 0.29) is 5.91 Å². The Morgan fingerprint density at radius 1 is 1.18 bits per heavy atom. The first-order valence-electron chi connectivity index (χ1n) is 9.82. The van der Waals surface area contributed by atoms with E-state index in [1.807, 2.05) is 54.4 Å². The predicted octanol–water partition coefficient (Wildman–Crippen LogP) is 3.26. The van der Waals surface area contributed by atoms with Crippen LogP contribution in [-0.4, -0.2) is 35.3 Å². The van der Waals surface area contributed by atoms with Gasteiger partial charge in [0.15, 0.2) is 0 Å². The number of nitrogens with one attached hydrogen (secondary N) is 3. The van der Waals surface area contributed by atoms with Crippen LogP contribution in [0.2, 0.25) is 0 Å². The summed E-state index contributed by atoms with van der Waals surface area (Å²) >= 11 is 1.84. The van der Waals surface area contributed by atoms with Crippen LogP contribution in [0.1, 0.15) is 35.3 Å². The third kappa shape index (κ3) is 4.29. The molecule has 1 aromatic heterocycles. The number of fused-ring (bicyclic) bond motifs is 1. The third-order valence-electron chi connectivity index (χ3n) is 5.57. The number of hydrogen-bond donors (Lipinski definition) is 3. The minimum Gasteiger partial charge on any atom is -0.355 e. The van der Waals surface area contributed by atoms with Crippen LogP contribution in [0.4, 0.5) is 0 Å². The number of aromatic nitrogens is 1. The van der Waals surface area contributed by atoms with Gasteiger partial charge in [0.2, 0.25) is 0 Å². The van der Waals surface area contributed by atoms with Gasteiger partial charge in [-0.2, -0.15) is 0 Å². The molecular weight excluding hydrogens is 368 g/mol. The van der Waals surface area contributed by atoms with Crippen molar-refractivity contribution in [2.24, 2.45) is 5.92 Å². The van der Waals surface area contributed by atoms with Gasteiger partial charge in [-0.25, -0.2) is 0 Å². The lowest BCUT2D eigenvalue weighted by Crippen LogP contribution is -2.37. The molecule has 6 heteroatoms. The molecule has 1 aromatic carbocycles. The van der Waals surface area contributed by atoms with Crippen LogP contribution in [0, 0.1) is 5.92 Å². The Labute approximate surface area is 170 Å². The molecule has 0 spiro atoms. The van der Waals surface area contributed by atoms with Crippen molar-refractivity contribution in [2.45, 2.75) is 41.5 Å². The van der Waals surface area contributed by atoms with Crippen molar-refractivity contribution >= 4 is 23.7 Å². The molecule has 2 fully saturated rings. The molecule has 4 unspecified atom stereocenters. The second-order valence-corrected chi connectivity index (χ2v) is 8.67. The minimum atomic E-state index is -0.0165. The van der Waals surface area contributed by atoms with Gasteiger partial charge in [-0.05, 0) is 55.5 Å². The lowest BCUT2D eigenvalue weighted by molar-refractivity contribution is 0.0960. The van der Waals surface area contributed by atoms with Crippen molar-refractivity contribution in [3.63, 3.8) is 0 Å². The van der Waals surface area contributed by atoms with Crippen molar-refractivity contribution in [1.29, 1.82) is 0 Å². The van der Waals surface area contributed by atoms with E-state index in [9.17, 15) is 4.79 Å². The van der Waals surface area contributed by atoms with E-state index in [0.717, 1.165) is 29.0 Å². The van der Waals surface area contributed by atoms with Crippen molar-refractivity contribution in [1.82, 2.24) is 21.2 Å². The summed E-state index contributed by atoms with van der Waals surface area (Å²) < 4.78 is 0. The van der Waals surface area contributed by atoms with Gasteiger partial charge in [0.05, 0.1) is 11.3 Å². The number of carbonyl (C=O) groups excluding carboxylic acids is 1. The van der Waals surface area contributed by atoms with E-state index in [0.29, 0.717) is 23.3 Å². The number of carbonyl (C=O) groups is 1. The fourth-order valence-electron chi connectivity index (χ4n) is 4.11. The summed E-state index contributed by atoms with van der Waals surface area (Å²) in [7, 11) is 1.68. The number of hydrogen-bond acceptors (Lipinski definition) is 5. The largest absolute Gasteiger partial charge is 0.355 e. The Kier molecular flexibility index (Phi) is 6.10. The molecule has 5 nitrogen and oxygen atoms in total. The third-order valence-corrected chi connectivity index (χ3v) is 6.94. The molecule has 28 heavy (non-hydrogen) atoms. The van der Waals surface area contributed by atoms with Gasteiger partial charge >= 0.3 is 0 Å². The van der Waals surface area contributed by atoms with Crippen LogP contribution >= 0.6 is 11.8 Å².